The Balaban J connectivity index is 4.40. The largest absolute Gasteiger partial charge is 0.244 e. The van der Waals surface area contributed by atoms with Crippen LogP contribution in [0.3, 0.4) is 0 Å². The summed E-state index contributed by atoms with van der Waals surface area (Å²) in [6, 6.07) is 0. The van der Waals surface area contributed by atoms with Crippen molar-refractivity contribution in [3.8, 4) is 0 Å². The van der Waals surface area contributed by atoms with E-state index in [1.807, 2.05) is 0 Å². The highest BCUT2D eigenvalue weighted by Crippen LogP contribution is 2.38. The molecule has 0 heterocycles. The lowest BCUT2D eigenvalue weighted by molar-refractivity contribution is 0.620. The second-order valence-electron chi connectivity index (χ2n) is 1.07. The zero-order valence-corrected chi connectivity index (χ0v) is 7.55. The van der Waals surface area contributed by atoms with Gasteiger partial charge in [-0.15, -0.1) is 0 Å². The summed E-state index contributed by atoms with van der Waals surface area (Å²) < 4.78 is 9.43. The third-order valence-electron chi connectivity index (χ3n) is 0.415. The molecule has 6 heteroatoms. The predicted octanol–water partition coefficient (Wildman–Crippen LogP) is 3.97. The van der Waals surface area contributed by atoms with Crippen LogP contribution in [0.5, 0.6) is 0 Å². The maximum absolute atomic E-state index is 12.3. The fourth-order valence-electron chi connectivity index (χ4n) is 0.107. The van der Waals surface area contributed by atoms with Gasteiger partial charge in [-0.3, -0.25) is 0 Å². The summed E-state index contributed by atoms with van der Waals surface area (Å²) in [6.07, 6.45) is 0. The molecule has 0 fully saturated rings. The molecule has 54 valence electrons. The molecule has 0 N–H and O–H groups in total. The molecule has 0 aromatic carbocycles. The lowest BCUT2D eigenvalue weighted by Gasteiger charge is -2.05. The first kappa shape index (κ1) is 10.1. The van der Waals surface area contributed by atoms with Crippen molar-refractivity contribution in [1.82, 2.24) is 0 Å². The SMILES string of the molecule is FC(=C(Cl)Cl)C(Cl)(Cl)Cl. The standard InChI is InChI=1S/C3Cl5F/c4-2(5)1(9)3(6,7)8. The lowest BCUT2D eigenvalue weighted by atomic mass is 10.7. The summed E-state index contributed by atoms with van der Waals surface area (Å²) in [5.74, 6) is -1.17. The van der Waals surface area contributed by atoms with E-state index >= 15 is 0 Å². The van der Waals surface area contributed by atoms with Gasteiger partial charge >= 0.3 is 0 Å². The third-order valence-corrected chi connectivity index (χ3v) is 1.24. The van der Waals surface area contributed by atoms with Gasteiger partial charge in [0.2, 0.25) is 3.79 Å². The van der Waals surface area contributed by atoms with Crippen LogP contribution in [0.15, 0.2) is 10.3 Å². The molecule has 0 unspecified atom stereocenters. The van der Waals surface area contributed by atoms with E-state index in [4.69, 9.17) is 58.0 Å². The molecule has 0 spiro atoms. The number of rotatable bonds is 0. The fourth-order valence-corrected chi connectivity index (χ4v) is 0.964. The van der Waals surface area contributed by atoms with E-state index in [1.54, 1.807) is 0 Å². The Labute approximate surface area is 76.5 Å². The Bertz CT molecular complexity index is 130. The highest BCUT2D eigenvalue weighted by molar-refractivity contribution is 6.70. The first-order valence-electron chi connectivity index (χ1n) is 1.63. The lowest BCUT2D eigenvalue weighted by Crippen LogP contribution is -2.02. The van der Waals surface area contributed by atoms with E-state index < -0.39 is 14.1 Å². The minimum Gasteiger partial charge on any atom is -0.204 e. The number of halogens is 6. The highest BCUT2D eigenvalue weighted by Gasteiger charge is 2.28. The van der Waals surface area contributed by atoms with Gasteiger partial charge in [0.1, 0.15) is 4.49 Å². The first-order valence-corrected chi connectivity index (χ1v) is 3.52. The topological polar surface area (TPSA) is 0 Å². The number of hydrogen-bond acceptors (Lipinski definition) is 0. The molecule has 0 saturated carbocycles. The zero-order valence-electron chi connectivity index (χ0n) is 3.77. The van der Waals surface area contributed by atoms with Crippen molar-refractivity contribution < 1.29 is 4.39 Å². The Morgan fingerprint density at radius 1 is 1.11 bits per heavy atom. The van der Waals surface area contributed by atoms with Crippen LogP contribution in [0.4, 0.5) is 4.39 Å². The number of hydrogen-bond donors (Lipinski definition) is 0. The van der Waals surface area contributed by atoms with Crippen molar-refractivity contribution in [1.29, 1.82) is 0 Å². The molecule has 0 rings (SSSR count). The van der Waals surface area contributed by atoms with Crippen molar-refractivity contribution in [3.63, 3.8) is 0 Å². The van der Waals surface area contributed by atoms with Crippen LogP contribution in [0.2, 0.25) is 0 Å². The normalized spacial score (nSPS) is 11.3. The summed E-state index contributed by atoms with van der Waals surface area (Å²) in [6.45, 7) is 0. The minimum atomic E-state index is -2.15. The molecule has 0 saturated heterocycles. The van der Waals surface area contributed by atoms with Crippen molar-refractivity contribution in [2.45, 2.75) is 3.79 Å². The Hall–Kier alpha value is 1.12. The minimum absolute atomic E-state index is 0.671. The van der Waals surface area contributed by atoms with Crippen molar-refractivity contribution in [3.05, 3.63) is 10.3 Å². The highest BCUT2D eigenvalue weighted by atomic mass is 35.6. The average molecular weight is 232 g/mol. The molecule has 0 aromatic rings. The maximum atomic E-state index is 12.3. The molecule has 0 atom stereocenters. The van der Waals surface area contributed by atoms with Gasteiger partial charge in [-0.1, -0.05) is 58.0 Å². The molecule has 9 heavy (non-hydrogen) atoms. The molecule has 0 aromatic heterocycles. The zero-order chi connectivity index (χ0) is 7.65. The van der Waals surface area contributed by atoms with Crippen molar-refractivity contribution in [2.75, 3.05) is 0 Å². The molecule has 0 aliphatic carbocycles. The quantitative estimate of drug-likeness (QED) is 0.554. The number of allylic oxidation sites excluding steroid dienone is 1. The second kappa shape index (κ2) is 3.49. The monoisotopic (exact) mass is 230 g/mol. The van der Waals surface area contributed by atoms with Crippen LogP contribution in [-0.2, 0) is 0 Å². The van der Waals surface area contributed by atoms with E-state index in [-0.39, 0.29) is 0 Å². The average Bonchev–Trinajstić information content (AvgIpc) is 1.62. The fraction of sp³-hybridized carbons (Fsp3) is 0.333. The van der Waals surface area contributed by atoms with Gasteiger partial charge in [-0.05, 0) is 0 Å². The van der Waals surface area contributed by atoms with Crippen LogP contribution in [0.25, 0.3) is 0 Å². The predicted molar refractivity (Wildman–Crippen MR) is 40.1 cm³/mol. The van der Waals surface area contributed by atoms with Gasteiger partial charge < -0.3 is 0 Å². The molecule has 0 aliphatic heterocycles. The molecule has 0 radical (unpaired) electrons. The second-order valence-corrected chi connectivity index (χ2v) is 4.30. The van der Waals surface area contributed by atoms with E-state index in [1.165, 1.54) is 0 Å². The summed E-state index contributed by atoms with van der Waals surface area (Å²) in [5.41, 5.74) is 0. The molecule has 0 nitrogen and oxygen atoms in total. The summed E-state index contributed by atoms with van der Waals surface area (Å²) in [4.78, 5) is 0. The van der Waals surface area contributed by atoms with Crippen LogP contribution >= 0.6 is 58.0 Å². The van der Waals surface area contributed by atoms with E-state index in [2.05, 4.69) is 0 Å². The Kier molecular flexibility index (Phi) is 3.93. The first-order chi connectivity index (χ1) is 3.85. The van der Waals surface area contributed by atoms with Crippen LogP contribution in [0, 0.1) is 0 Å². The Morgan fingerprint density at radius 3 is 1.44 bits per heavy atom. The molecule has 0 amide bonds. The summed E-state index contributed by atoms with van der Waals surface area (Å²) in [7, 11) is 0. The maximum Gasteiger partial charge on any atom is 0.244 e. The van der Waals surface area contributed by atoms with E-state index in [9.17, 15) is 4.39 Å². The molecule has 0 aliphatic rings. The van der Waals surface area contributed by atoms with E-state index in [0.717, 1.165) is 0 Å². The smallest absolute Gasteiger partial charge is 0.204 e. The van der Waals surface area contributed by atoms with Crippen LogP contribution < -0.4 is 0 Å². The molecule has 0 bridgehead atoms. The van der Waals surface area contributed by atoms with Gasteiger partial charge in [-0.2, -0.15) is 0 Å². The third kappa shape index (κ3) is 3.74. The van der Waals surface area contributed by atoms with E-state index in [0.29, 0.717) is 0 Å². The van der Waals surface area contributed by atoms with Gasteiger partial charge in [0.05, 0.1) is 0 Å². The van der Waals surface area contributed by atoms with Gasteiger partial charge in [0, 0.05) is 0 Å². The number of alkyl halides is 3. The van der Waals surface area contributed by atoms with Gasteiger partial charge in [-0.25, -0.2) is 4.39 Å². The summed E-state index contributed by atoms with van der Waals surface area (Å²) in [5, 5.41) is 0. The molecular weight excluding hydrogens is 232 g/mol. The molecular formula is C3Cl5F. The van der Waals surface area contributed by atoms with Gasteiger partial charge in [0.15, 0.2) is 5.83 Å². The van der Waals surface area contributed by atoms with Gasteiger partial charge in [0.25, 0.3) is 0 Å². The van der Waals surface area contributed by atoms with Crippen molar-refractivity contribution in [2.24, 2.45) is 0 Å². The van der Waals surface area contributed by atoms with Crippen molar-refractivity contribution >= 4 is 58.0 Å². The Morgan fingerprint density at radius 2 is 1.44 bits per heavy atom. The van der Waals surface area contributed by atoms with Crippen LogP contribution in [-0.4, -0.2) is 3.79 Å². The summed E-state index contributed by atoms with van der Waals surface area (Å²) >= 11 is 24.9. The van der Waals surface area contributed by atoms with Crippen LogP contribution in [0.1, 0.15) is 0 Å².